The Labute approximate surface area is 150 Å². The molecule has 5 nitrogen and oxygen atoms in total. The number of carbonyl (C=O) groups excluding carboxylic acids is 1. The Morgan fingerprint density at radius 2 is 2.00 bits per heavy atom. The van der Waals surface area contributed by atoms with Crippen LogP contribution in [-0.4, -0.2) is 34.0 Å². The fourth-order valence-electron chi connectivity index (χ4n) is 2.98. The molecule has 0 radical (unpaired) electrons. The van der Waals surface area contributed by atoms with Crippen molar-refractivity contribution in [1.29, 1.82) is 0 Å². The van der Waals surface area contributed by atoms with Gasteiger partial charge in [0.2, 0.25) is 17.6 Å². The molecule has 0 N–H and O–H groups in total. The molecule has 0 aliphatic carbocycles. The summed E-state index contributed by atoms with van der Waals surface area (Å²) in [6.45, 7) is 3.67. The monoisotopic (exact) mass is 391 g/mol. The maximum absolute atomic E-state index is 12.1. The van der Waals surface area contributed by atoms with Crippen LogP contribution in [0.1, 0.15) is 50.8 Å². The van der Waals surface area contributed by atoms with Gasteiger partial charge in [-0.05, 0) is 43.5 Å². The predicted molar refractivity (Wildman–Crippen MR) is 95.5 cm³/mol. The summed E-state index contributed by atoms with van der Waals surface area (Å²) in [6.07, 6.45) is 4.47. The lowest BCUT2D eigenvalue weighted by atomic mass is 9.96. The largest absolute Gasteiger partial charge is 0.343 e. The lowest BCUT2D eigenvalue weighted by Crippen LogP contribution is -2.37. The molecule has 0 saturated carbocycles. The van der Waals surface area contributed by atoms with Gasteiger partial charge >= 0.3 is 0 Å². The highest BCUT2D eigenvalue weighted by Gasteiger charge is 2.27. The van der Waals surface area contributed by atoms with Crippen molar-refractivity contribution in [3.05, 3.63) is 34.6 Å². The van der Waals surface area contributed by atoms with E-state index in [4.69, 9.17) is 4.52 Å². The van der Waals surface area contributed by atoms with Gasteiger partial charge < -0.3 is 9.42 Å². The van der Waals surface area contributed by atoms with Gasteiger partial charge in [-0.25, -0.2) is 0 Å². The summed E-state index contributed by atoms with van der Waals surface area (Å²) in [5, 5.41) is 4.10. The number of hydrogen-bond donors (Lipinski definition) is 0. The van der Waals surface area contributed by atoms with Gasteiger partial charge in [0.15, 0.2) is 0 Å². The number of unbranched alkanes of at least 4 members (excludes halogenated alkanes) is 1. The molecule has 1 aromatic heterocycles. The van der Waals surface area contributed by atoms with E-state index >= 15 is 0 Å². The van der Waals surface area contributed by atoms with Crippen LogP contribution in [0.4, 0.5) is 0 Å². The van der Waals surface area contributed by atoms with Crippen molar-refractivity contribution >= 4 is 21.8 Å². The van der Waals surface area contributed by atoms with Crippen molar-refractivity contribution in [1.82, 2.24) is 15.0 Å². The molecule has 6 heteroatoms. The van der Waals surface area contributed by atoms with Crippen molar-refractivity contribution in [3.8, 4) is 11.4 Å². The zero-order valence-corrected chi connectivity index (χ0v) is 15.5. The van der Waals surface area contributed by atoms with E-state index in [9.17, 15) is 4.79 Å². The minimum Gasteiger partial charge on any atom is -0.343 e. The van der Waals surface area contributed by atoms with E-state index in [1.54, 1.807) is 0 Å². The third-order valence-electron chi connectivity index (χ3n) is 4.49. The number of hydrogen-bond acceptors (Lipinski definition) is 4. The van der Waals surface area contributed by atoms with Crippen LogP contribution in [0.2, 0.25) is 0 Å². The Morgan fingerprint density at radius 1 is 1.29 bits per heavy atom. The average molecular weight is 392 g/mol. The molecule has 24 heavy (non-hydrogen) atoms. The first-order valence-electron chi connectivity index (χ1n) is 8.54. The number of nitrogens with zero attached hydrogens (tertiary/aromatic N) is 3. The summed E-state index contributed by atoms with van der Waals surface area (Å²) >= 11 is 3.42. The zero-order valence-electron chi connectivity index (χ0n) is 13.9. The third-order valence-corrected chi connectivity index (χ3v) is 5.01. The molecule has 1 aromatic carbocycles. The number of carbonyl (C=O) groups is 1. The second-order valence-corrected chi connectivity index (χ2v) is 7.14. The highest BCUT2D eigenvalue weighted by molar-refractivity contribution is 9.10. The first-order valence-corrected chi connectivity index (χ1v) is 9.34. The second kappa shape index (κ2) is 7.92. The van der Waals surface area contributed by atoms with Crippen LogP contribution >= 0.6 is 15.9 Å². The number of rotatable bonds is 5. The van der Waals surface area contributed by atoms with E-state index < -0.39 is 0 Å². The molecular weight excluding hydrogens is 370 g/mol. The summed E-state index contributed by atoms with van der Waals surface area (Å²) in [6, 6.07) is 7.86. The molecule has 1 saturated heterocycles. The molecule has 0 unspecified atom stereocenters. The van der Waals surface area contributed by atoms with Crippen molar-refractivity contribution in [2.24, 2.45) is 0 Å². The maximum Gasteiger partial charge on any atom is 0.230 e. The van der Waals surface area contributed by atoms with Gasteiger partial charge in [-0.2, -0.15) is 4.98 Å². The first kappa shape index (κ1) is 17.1. The molecular formula is C18H22BrN3O2. The van der Waals surface area contributed by atoms with Gasteiger partial charge in [-0.15, -0.1) is 0 Å². The molecule has 3 rings (SSSR count). The predicted octanol–water partition coefficient (Wildman–Crippen LogP) is 4.40. The minimum absolute atomic E-state index is 0.247. The summed E-state index contributed by atoms with van der Waals surface area (Å²) in [7, 11) is 0. The molecule has 128 valence electrons. The van der Waals surface area contributed by atoms with Crippen LogP contribution in [0.15, 0.2) is 33.3 Å². The topological polar surface area (TPSA) is 59.2 Å². The van der Waals surface area contributed by atoms with Gasteiger partial charge in [0.1, 0.15) is 0 Å². The molecule has 0 atom stereocenters. The second-order valence-electron chi connectivity index (χ2n) is 6.22. The van der Waals surface area contributed by atoms with Crippen LogP contribution in [0, 0.1) is 0 Å². The van der Waals surface area contributed by atoms with Crippen LogP contribution in [0.3, 0.4) is 0 Å². The Balaban J connectivity index is 1.59. The van der Waals surface area contributed by atoms with Gasteiger partial charge in [0.25, 0.3) is 0 Å². The summed E-state index contributed by atoms with van der Waals surface area (Å²) in [5.41, 5.74) is 0.945. The quantitative estimate of drug-likeness (QED) is 0.757. The minimum atomic E-state index is 0.247. The highest BCUT2D eigenvalue weighted by Crippen LogP contribution is 2.29. The Hall–Kier alpha value is -1.69. The Bertz CT molecular complexity index is 676. The average Bonchev–Trinajstić information content (AvgIpc) is 3.10. The Kier molecular flexibility index (Phi) is 5.66. The van der Waals surface area contributed by atoms with Crippen LogP contribution in [-0.2, 0) is 4.79 Å². The first-order chi connectivity index (χ1) is 11.7. The molecule has 1 amide bonds. The number of halogens is 1. The van der Waals surface area contributed by atoms with Crippen molar-refractivity contribution in [3.63, 3.8) is 0 Å². The smallest absolute Gasteiger partial charge is 0.230 e. The van der Waals surface area contributed by atoms with Gasteiger partial charge in [0.05, 0.1) is 0 Å². The van der Waals surface area contributed by atoms with E-state index in [-0.39, 0.29) is 11.8 Å². The molecule has 2 aromatic rings. The van der Waals surface area contributed by atoms with Gasteiger partial charge in [-0.3, -0.25) is 4.79 Å². The summed E-state index contributed by atoms with van der Waals surface area (Å²) in [5.74, 6) is 1.83. The lowest BCUT2D eigenvalue weighted by Gasteiger charge is -2.30. The van der Waals surface area contributed by atoms with Crippen LogP contribution < -0.4 is 0 Å². The lowest BCUT2D eigenvalue weighted by molar-refractivity contribution is -0.132. The van der Waals surface area contributed by atoms with E-state index in [1.165, 1.54) is 0 Å². The molecule has 0 bridgehead atoms. The third kappa shape index (κ3) is 4.04. The number of amides is 1. The van der Waals surface area contributed by atoms with Crippen LogP contribution in [0.25, 0.3) is 11.4 Å². The van der Waals surface area contributed by atoms with Crippen molar-refractivity contribution < 1.29 is 9.32 Å². The molecule has 0 spiro atoms. The highest BCUT2D eigenvalue weighted by atomic mass is 79.9. The number of benzene rings is 1. The summed E-state index contributed by atoms with van der Waals surface area (Å²) in [4.78, 5) is 18.6. The van der Waals surface area contributed by atoms with E-state index in [1.807, 2.05) is 29.2 Å². The standard InChI is InChI=1S/C18H22BrN3O2/c1-2-3-4-16(23)22-11-9-14(10-12-22)18-20-17(21-24-18)13-5-7-15(19)8-6-13/h5-8,14H,2-4,9-12H2,1H3. The van der Waals surface area contributed by atoms with Gasteiger partial charge in [0, 0.05) is 35.5 Å². The number of aromatic nitrogens is 2. The normalized spacial score (nSPS) is 15.7. The van der Waals surface area contributed by atoms with E-state index in [0.29, 0.717) is 18.1 Å². The summed E-state index contributed by atoms with van der Waals surface area (Å²) < 4.78 is 6.50. The van der Waals surface area contributed by atoms with Crippen LogP contribution in [0.5, 0.6) is 0 Å². The van der Waals surface area contributed by atoms with E-state index in [0.717, 1.165) is 48.8 Å². The van der Waals surface area contributed by atoms with E-state index in [2.05, 4.69) is 33.0 Å². The van der Waals surface area contributed by atoms with Gasteiger partial charge in [-0.1, -0.05) is 34.4 Å². The maximum atomic E-state index is 12.1. The SMILES string of the molecule is CCCCC(=O)N1CCC(c2nc(-c3ccc(Br)cc3)no2)CC1. The molecule has 2 heterocycles. The number of likely N-dealkylation sites (tertiary alicyclic amines) is 1. The fraction of sp³-hybridized carbons (Fsp3) is 0.500. The zero-order chi connectivity index (χ0) is 16.9. The molecule has 1 aliphatic rings. The molecule has 1 aliphatic heterocycles. The van der Waals surface area contributed by atoms with Crippen molar-refractivity contribution in [2.75, 3.05) is 13.1 Å². The number of piperidine rings is 1. The fourth-order valence-corrected chi connectivity index (χ4v) is 3.24. The Morgan fingerprint density at radius 3 is 2.67 bits per heavy atom. The molecule has 1 fully saturated rings. The van der Waals surface area contributed by atoms with Crippen molar-refractivity contribution in [2.45, 2.75) is 44.9 Å².